The van der Waals surface area contributed by atoms with Crippen molar-refractivity contribution < 1.29 is 39.7 Å². The van der Waals surface area contributed by atoms with Crippen LogP contribution in [0.2, 0.25) is 0 Å². The van der Waals surface area contributed by atoms with E-state index in [1.165, 1.54) is 0 Å². The zero-order valence-corrected chi connectivity index (χ0v) is 12.8. The van der Waals surface area contributed by atoms with Crippen LogP contribution in [0.25, 0.3) is 0 Å². The van der Waals surface area contributed by atoms with E-state index < -0.39 is 49.0 Å². The normalized spacial score (nSPS) is 50.0. The molecule has 2 saturated heterocycles. The predicted molar refractivity (Wildman–Crippen MR) is 73.9 cm³/mol. The van der Waals surface area contributed by atoms with Crippen LogP contribution in [-0.4, -0.2) is 87.3 Å². The minimum atomic E-state index is -1.33. The lowest BCUT2D eigenvalue weighted by molar-refractivity contribution is -0.289. The molecule has 2 fully saturated rings. The van der Waals surface area contributed by atoms with Crippen LogP contribution in [0.15, 0.2) is 0 Å². The van der Waals surface area contributed by atoms with Gasteiger partial charge in [-0.25, -0.2) is 0 Å². The second-order valence-corrected chi connectivity index (χ2v) is 6.01. The Kier molecular flexibility index (Phi) is 6.14. The van der Waals surface area contributed by atoms with E-state index in [9.17, 15) is 25.5 Å². The molecule has 0 amide bonds. The molecule has 2 aliphatic heterocycles. The van der Waals surface area contributed by atoms with Gasteiger partial charge in [0.15, 0.2) is 6.29 Å². The Balaban J connectivity index is 1.91. The van der Waals surface area contributed by atoms with Gasteiger partial charge in [-0.05, 0) is 13.3 Å². The fraction of sp³-hybridized carbons (Fsp3) is 1.00. The number of aliphatic hydroxyl groups is 5. The van der Waals surface area contributed by atoms with Crippen molar-refractivity contribution in [2.45, 2.75) is 81.8 Å². The van der Waals surface area contributed by atoms with E-state index in [-0.39, 0.29) is 12.7 Å². The van der Waals surface area contributed by atoms with Gasteiger partial charge in [0.25, 0.3) is 0 Å². The third-order valence-corrected chi connectivity index (χ3v) is 4.34. The molecule has 5 N–H and O–H groups in total. The van der Waals surface area contributed by atoms with Crippen LogP contribution in [-0.2, 0) is 14.2 Å². The van der Waals surface area contributed by atoms with Gasteiger partial charge in [-0.3, -0.25) is 0 Å². The van der Waals surface area contributed by atoms with Crippen molar-refractivity contribution in [1.29, 1.82) is 0 Å². The summed E-state index contributed by atoms with van der Waals surface area (Å²) in [6.45, 7) is 3.34. The van der Waals surface area contributed by atoms with E-state index in [1.54, 1.807) is 6.92 Å². The fourth-order valence-electron chi connectivity index (χ4n) is 2.78. The molecule has 0 radical (unpaired) electrons. The highest BCUT2D eigenvalue weighted by Crippen LogP contribution is 2.25. The maximum Gasteiger partial charge on any atom is 0.186 e. The molecule has 8 nitrogen and oxygen atoms in total. The van der Waals surface area contributed by atoms with Crippen molar-refractivity contribution in [3.63, 3.8) is 0 Å². The Morgan fingerprint density at radius 2 is 1.64 bits per heavy atom. The Bertz CT molecular complexity index is 348. The molecule has 22 heavy (non-hydrogen) atoms. The molecular weight excluding hydrogens is 296 g/mol. The molecule has 130 valence electrons. The first-order chi connectivity index (χ1) is 10.3. The lowest BCUT2D eigenvalue weighted by Gasteiger charge is -2.41. The lowest BCUT2D eigenvalue weighted by atomic mass is 9.96. The molecular formula is C14H26O8. The largest absolute Gasteiger partial charge is 0.390 e. The van der Waals surface area contributed by atoms with Crippen LogP contribution in [0.4, 0.5) is 0 Å². The van der Waals surface area contributed by atoms with E-state index in [4.69, 9.17) is 14.2 Å². The summed E-state index contributed by atoms with van der Waals surface area (Å²) in [6, 6.07) is 0. The summed E-state index contributed by atoms with van der Waals surface area (Å²) < 4.78 is 16.4. The summed E-state index contributed by atoms with van der Waals surface area (Å²) in [5, 5.41) is 49.0. The third-order valence-electron chi connectivity index (χ3n) is 4.34. The number of rotatable bonds is 4. The van der Waals surface area contributed by atoms with Gasteiger partial charge in [0, 0.05) is 6.42 Å². The maximum atomic E-state index is 9.90. The molecule has 0 bridgehead atoms. The second-order valence-electron chi connectivity index (χ2n) is 6.01. The van der Waals surface area contributed by atoms with Gasteiger partial charge in [0.05, 0.1) is 24.9 Å². The summed E-state index contributed by atoms with van der Waals surface area (Å²) in [7, 11) is 0. The Hall–Kier alpha value is -0.320. The molecule has 0 aromatic heterocycles. The maximum absolute atomic E-state index is 9.90. The van der Waals surface area contributed by atoms with Gasteiger partial charge in [-0.15, -0.1) is 0 Å². The van der Waals surface area contributed by atoms with Crippen molar-refractivity contribution in [2.24, 2.45) is 0 Å². The smallest absolute Gasteiger partial charge is 0.186 e. The van der Waals surface area contributed by atoms with Gasteiger partial charge in [0.1, 0.15) is 30.5 Å². The van der Waals surface area contributed by atoms with Crippen molar-refractivity contribution >= 4 is 0 Å². The lowest BCUT2D eigenvalue weighted by Crippen LogP contribution is -2.58. The average Bonchev–Trinajstić information content (AvgIpc) is 2.50. The first kappa shape index (κ1) is 18.0. The van der Waals surface area contributed by atoms with E-state index in [0.717, 1.165) is 0 Å². The van der Waals surface area contributed by atoms with Crippen molar-refractivity contribution in [3.05, 3.63) is 0 Å². The number of aliphatic hydroxyl groups excluding tert-OH is 5. The minimum absolute atomic E-state index is 0.139. The monoisotopic (exact) mass is 322 g/mol. The van der Waals surface area contributed by atoms with Crippen LogP contribution < -0.4 is 0 Å². The second kappa shape index (κ2) is 7.50. The molecule has 8 heteroatoms. The molecule has 0 spiro atoms. The van der Waals surface area contributed by atoms with Gasteiger partial charge >= 0.3 is 0 Å². The van der Waals surface area contributed by atoms with E-state index in [0.29, 0.717) is 12.8 Å². The van der Waals surface area contributed by atoms with E-state index in [1.807, 2.05) is 6.92 Å². The summed E-state index contributed by atoms with van der Waals surface area (Å²) in [4.78, 5) is 0. The van der Waals surface area contributed by atoms with Crippen LogP contribution in [0.1, 0.15) is 26.7 Å². The molecule has 2 aliphatic rings. The number of hydrogen-bond donors (Lipinski definition) is 5. The van der Waals surface area contributed by atoms with E-state index >= 15 is 0 Å². The van der Waals surface area contributed by atoms with Crippen LogP contribution in [0.3, 0.4) is 0 Å². The standard InChI is InChI=1S/C14H26O8/c1-3-7-4-8(15)11(17)14(22-7)20-5-9-12(18)13(19)10(16)6(2)21-9/h6-19H,3-5H2,1-2H3/t6?,7?,8-,9?,10?,11?,12+,13+,14-/m0/s1. The summed E-state index contributed by atoms with van der Waals surface area (Å²) in [6.07, 6.45) is -7.67. The van der Waals surface area contributed by atoms with Crippen molar-refractivity contribution in [3.8, 4) is 0 Å². The number of ether oxygens (including phenoxy) is 3. The van der Waals surface area contributed by atoms with Crippen LogP contribution in [0.5, 0.6) is 0 Å². The Labute approximate surface area is 129 Å². The van der Waals surface area contributed by atoms with Crippen LogP contribution >= 0.6 is 0 Å². The molecule has 0 aromatic carbocycles. The highest BCUT2D eigenvalue weighted by molar-refractivity contribution is 4.91. The Morgan fingerprint density at radius 3 is 2.27 bits per heavy atom. The summed E-state index contributed by atoms with van der Waals surface area (Å²) in [5.74, 6) is 0. The molecule has 0 saturated carbocycles. The van der Waals surface area contributed by atoms with Crippen molar-refractivity contribution in [2.75, 3.05) is 6.61 Å². The molecule has 5 unspecified atom stereocenters. The van der Waals surface area contributed by atoms with E-state index in [2.05, 4.69) is 0 Å². The molecule has 9 atom stereocenters. The molecule has 0 aromatic rings. The molecule has 0 aliphatic carbocycles. The third kappa shape index (κ3) is 3.77. The molecule has 2 heterocycles. The molecule has 2 rings (SSSR count). The van der Waals surface area contributed by atoms with Gasteiger partial charge < -0.3 is 39.7 Å². The summed E-state index contributed by atoms with van der Waals surface area (Å²) in [5.41, 5.74) is 0. The summed E-state index contributed by atoms with van der Waals surface area (Å²) >= 11 is 0. The van der Waals surface area contributed by atoms with Crippen LogP contribution in [0, 0.1) is 0 Å². The van der Waals surface area contributed by atoms with Gasteiger partial charge in [-0.2, -0.15) is 0 Å². The zero-order valence-electron chi connectivity index (χ0n) is 12.8. The number of hydrogen-bond acceptors (Lipinski definition) is 8. The Morgan fingerprint density at radius 1 is 0.955 bits per heavy atom. The predicted octanol–water partition coefficient (Wildman–Crippen LogP) is -1.88. The highest BCUT2D eigenvalue weighted by Gasteiger charge is 2.43. The SMILES string of the molecule is CCC1C[C@H](O)C(O)[C@@H](OCC2OC(C)C(O)[C@@H](O)[C@@H]2O)O1. The van der Waals surface area contributed by atoms with Gasteiger partial charge in [-0.1, -0.05) is 6.92 Å². The van der Waals surface area contributed by atoms with Crippen molar-refractivity contribution in [1.82, 2.24) is 0 Å². The van der Waals surface area contributed by atoms with Gasteiger partial charge in [0.2, 0.25) is 0 Å². The topological polar surface area (TPSA) is 129 Å². The highest BCUT2D eigenvalue weighted by atomic mass is 16.7. The minimum Gasteiger partial charge on any atom is -0.390 e. The first-order valence-electron chi connectivity index (χ1n) is 7.68. The fourth-order valence-corrected chi connectivity index (χ4v) is 2.78. The zero-order chi connectivity index (χ0) is 16.4. The average molecular weight is 322 g/mol. The first-order valence-corrected chi connectivity index (χ1v) is 7.68. The quantitative estimate of drug-likeness (QED) is 0.407.